The van der Waals surface area contributed by atoms with E-state index in [0.717, 1.165) is 12.5 Å². The first-order valence-corrected chi connectivity index (χ1v) is 9.01. The van der Waals surface area contributed by atoms with Crippen molar-refractivity contribution in [3.05, 3.63) is 33.8 Å². The van der Waals surface area contributed by atoms with Crippen molar-refractivity contribution in [1.29, 1.82) is 0 Å². The molecule has 1 aliphatic carbocycles. The van der Waals surface area contributed by atoms with E-state index in [1.807, 2.05) is 0 Å². The summed E-state index contributed by atoms with van der Waals surface area (Å²) in [4.78, 5) is 0. The molecule has 0 saturated heterocycles. The van der Waals surface area contributed by atoms with Crippen LogP contribution in [0.5, 0.6) is 0 Å². The van der Waals surface area contributed by atoms with Crippen LogP contribution in [0.25, 0.3) is 0 Å². The van der Waals surface area contributed by atoms with E-state index < -0.39 is 0 Å². The lowest BCUT2D eigenvalue weighted by Crippen LogP contribution is -2.29. The molecule has 2 rings (SSSR count). The van der Waals surface area contributed by atoms with Crippen molar-refractivity contribution in [2.75, 3.05) is 6.54 Å². The van der Waals surface area contributed by atoms with E-state index in [0.29, 0.717) is 6.04 Å². The normalized spacial score (nSPS) is 18.8. The third-order valence-corrected chi connectivity index (χ3v) is 5.39. The second kappa shape index (κ2) is 8.19. The van der Waals surface area contributed by atoms with Gasteiger partial charge in [0.25, 0.3) is 0 Å². The fraction of sp³-hybridized carbons (Fsp3) is 0.667. The molecule has 1 saturated carbocycles. The number of halogens is 1. The quantitative estimate of drug-likeness (QED) is 0.672. The van der Waals surface area contributed by atoms with Gasteiger partial charge in [-0.05, 0) is 55.8 Å². The third-order valence-electron chi connectivity index (χ3n) is 4.54. The molecule has 1 N–H and O–H groups in total. The molecule has 1 aliphatic rings. The molecule has 0 bridgehead atoms. The lowest BCUT2D eigenvalue weighted by atomic mass is 9.87. The number of rotatable bonds is 5. The van der Waals surface area contributed by atoms with E-state index in [4.69, 9.17) is 0 Å². The Morgan fingerprint density at radius 2 is 1.90 bits per heavy atom. The maximum absolute atomic E-state index is 3.81. The summed E-state index contributed by atoms with van der Waals surface area (Å²) in [7, 11) is 0. The molecule has 112 valence electrons. The van der Waals surface area contributed by atoms with Crippen molar-refractivity contribution >= 4 is 15.9 Å². The van der Waals surface area contributed by atoms with Gasteiger partial charge >= 0.3 is 0 Å². The fourth-order valence-electron chi connectivity index (χ4n) is 3.30. The predicted molar refractivity (Wildman–Crippen MR) is 91.1 cm³/mol. The van der Waals surface area contributed by atoms with E-state index >= 15 is 0 Å². The molecule has 0 aliphatic heterocycles. The zero-order valence-corrected chi connectivity index (χ0v) is 14.5. The van der Waals surface area contributed by atoms with Crippen molar-refractivity contribution in [3.8, 4) is 0 Å². The third kappa shape index (κ3) is 4.33. The Kier molecular flexibility index (Phi) is 6.57. The summed E-state index contributed by atoms with van der Waals surface area (Å²) in [6.07, 6.45) is 9.63. The van der Waals surface area contributed by atoms with Gasteiger partial charge in [0.1, 0.15) is 0 Å². The van der Waals surface area contributed by atoms with Crippen molar-refractivity contribution < 1.29 is 0 Å². The van der Waals surface area contributed by atoms with Crippen LogP contribution in [0.1, 0.15) is 69.0 Å². The van der Waals surface area contributed by atoms with E-state index in [-0.39, 0.29) is 0 Å². The molecular weight excluding hydrogens is 310 g/mol. The molecule has 0 amide bonds. The number of nitrogens with one attached hydrogen (secondary N) is 1. The summed E-state index contributed by atoms with van der Waals surface area (Å²) in [5.74, 6) is 0.804. The Hall–Kier alpha value is -0.340. The van der Waals surface area contributed by atoms with Gasteiger partial charge in [-0.3, -0.25) is 0 Å². The minimum absolute atomic E-state index is 0.532. The smallest absolute Gasteiger partial charge is 0.0349 e. The first kappa shape index (κ1) is 16.0. The minimum atomic E-state index is 0.532. The lowest BCUT2D eigenvalue weighted by molar-refractivity contribution is 0.325. The van der Waals surface area contributed by atoms with Crippen LogP contribution in [-0.2, 0) is 0 Å². The first-order valence-electron chi connectivity index (χ1n) is 8.21. The Labute approximate surface area is 132 Å². The van der Waals surface area contributed by atoms with Gasteiger partial charge in [0, 0.05) is 10.5 Å². The van der Waals surface area contributed by atoms with Gasteiger partial charge < -0.3 is 5.32 Å². The van der Waals surface area contributed by atoms with Crippen LogP contribution in [0.4, 0.5) is 0 Å². The Balaban J connectivity index is 2.18. The molecule has 0 heterocycles. The van der Waals surface area contributed by atoms with Crippen molar-refractivity contribution in [2.45, 2.75) is 64.8 Å². The summed E-state index contributed by atoms with van der Waals surface area (Å²) >= 11 is 3.69. The molecule has 1 unspecified atom stereocenters. The van der Waals surface area contributed by atoms with Gasteiger partial charge in [-0.1, -0.05) is 60.7 Å². The molecule has 1 nitrogen and oxygen atoms in total. The monoisotopic (exact) mass is 337 g/mol. The van der Waals surface area contributed by atoms with Crippen molar-refractivity contribution in [2.24, 2.45) is 5.92 Å². The van der Waals surface area contributed by atoms with Crippen molar-refractivity contribution in [1.82, 2.24) is 5.32 Å². The summed E-state index contributed by atoms with van der Waals surface area (Å²) in [6, 6.07) is 7.42. The van der Waals surface area contributed by atoms with Crippen LogP contribution in [0.2, 0.25) is 0 Å². The Bertz CT molecular complexity index is 408. The SMILES string of the molecule is CCCNC(c1ccc(C)c(Br)c1)C1CCCCCC1. The lowest BCUT2D eigenvalue weighted by Gasteiger charge is -2.28. The number of hydrogen-bond donors (Lipinski definition) is 1. The highest BCUT2D eigenvalue weighted by molar-refractivity contribution is 9.10. The molecule has 2 heteroatoms. The van der Waals surface area contributed by atoms with E-state index in [1.165, 1.54) is 60.5 Å². The molecule has 1 aromatic rings. The molecular formula is C18H28BrN. The van der Waals surface area contributed by atoms with Crippen LogP contribution in [0.3, 0.4) is 0 Å². The zero-order valence-electron chi connectivity index (χ0n) is 12.9. The standard InChI is InChI=1S/C18H28BrN/c1-3-12-20-18(15-8-6-4-5-7-9-15)16-11-10-14(2)17(19)13-16/h10-11,13,15,18,20H,3-9,12H2,1-2H3. The molecule has 0 spiro atoms. The number of hydrogen-bond acceptors (Lipinski definition) is 1. The van der Waals surface area contributed by atoms with E-state index in [2.05, 4.69) is 53.3 Å². The van der Waals surface area contributed by atoms with Gasteiger partial charge in [-0.25, -0.2) is 0 Å². The minimum Gasteiger partial charge on any atom is -0.310 e. The number of aryl methyl sites for hydroxylation is 1. The topological polar surface area (TPSA) is 12.0 Å². The van der Waals surface area contributed by atoms with Gasteiger partial charge in [-0.15, -0.1) is 0 Å². The second-order valence-corrected chi connectivity index (χ2v) is 7.05. The summed E-state index contributed by atoms with van der Waals surface area (Å²) in [5.41, 5.74) is 2.78. The fourth-order valence-corrected chi connectivity index (χ4v) is 3.70. The largest absolute Gasteiger partial charge is 0.310 e. The maximum atomic E-state index is 3.81. The Morgan fingerprint density at radius 3 is 2.50 bits per heavy atom. The molecule has 0 aromatic heterocycles. The van der Waals surface area contributed by atoms with Gasteiger partial charge in [0.05, 0.1) is 0 Å². The molecule has 20 heavy (non-hydrogen) atoms. The zero-order chi connectivity index (χ0) is 14.4. The van der Waals surface area contributed by atoms with Gasteiger partial charge in [-0.2, -0.15) is 0 Å². The maximum Gasteiger partial charge on any atom is 0.0349 e. The van der Waals surface area contributed by atoms with Crippen LogP contribution >= 0.6 is 15.9 Å². The Morgan fingerprint density at radius 1 is 1.20 bits per heavy atom. The molecule has 1 aromatic carbocycles. The van der Waals surface area contributed by atoms with Crippen LogP contribution < -0.4 is 5.32 Å². The van der Waals surface area contributed by atoms with Crippen LogP contribution in [-0.4, -0.2) is 6.54 Å². The highest BCUT2D eigenvalue weighted by Crippen LogP contribution is 2.35. The second-order valence-electron chi connectivity index (χ2n) is 6.19. The molecule has 1 atom stereocenters. The average Bonchev–Trinajstić information content (AvgIpc) is 2.72. The van der Waals surface area contributed by atoms with E-state index in [1.54, 1.807) is 0 Å². The number of benzene rings is 1. The first-order chi connectivity index (χ1) is 9.72. The highest BCUT2D eigenvalue weighted by atomic mass is 79.9. The highest BCUT2D eigenvalue weighted by Gasteiger charge is 2.23. The summed E-state index contributed by atoms with van der Waals surface area (Å²) < 4.78 is 1.24. The predicted octanol–water partition coefficient (Wildman–Crippen LogP) is 5.77. The van der Waals surface area contributed by atoms with Gasteiger partial charge in [0.15, 0.2) is 0 Å². The average molecular weight is 338 g/mol. The van der Waals surface area contributed by atoms with Crippen LogP contribution in [0, 0.1) is 12.8 Å². The van der Waals surface area contributed by atoms with Crippen LogP contribution in [0.15, 0.2) is 22.7 Å². The molecule has 0 radical (unpaired) electrons. The summed E-state index contributed by atoms with van der Waals surface area (Å²) in [5, 5.41) is 3.81. The molecule has 1 fully saturated rings. The van der Waals surface area contributed by atoms with E-state index in [9.17, 15) is 0 Å². The van der Waals surface area contributed by atoms with Crippen molar-refractivity contribution in [3.63, 3.8) is 0 Å². The van der Waals surface area contributed by atoms with Gasteiger partial charge in [0.2, 0.25) is 0 Å². The summed E-state index contributed by atoms with van der Waals surface area (Å²) in [6.45, 7) is 5.53.